The Kier molecular flexibility index (Phi) is 23.6. The number of hydrogen-bond donors (Lipinski definition) is 2. The summed E-state index contributed by atoms with van der Waals surface area (Å²) in [6.07, 6.45) is 13.4. The number of piperidine rings is 1. The van der Waals surface area contributed by atoms with Crippen LogP contribution in [0.4, 0.5) is 0 Å². The van der Waals surface area contributed by atoms with E-state index < -0.39 is 108 Å². The van der Waals surface area contributed by atoms with Crippen LogP contribution in [0, 0.1) is 40.9 Å². The molecule has 0 radical (unpaired) electrons. The van der Waals surface area contributed by atoms with Gasteiger partial charge in [-0.1, -0.05) is 107 Å². The van der Waals surface area contributed by atoms with E-state index in [1.807, 2.05) is 75.4 Å². The van der Waals surface area contributed by atoms with Crippen molar-refractivity contribution < 1.29 is 72.0 Å². The van der Waals surface area contributed by atoms with E-state index in [1.54, 1.807) is 40.9 Å². The molecule has 1 aliphatic carbocycles. The molecule has 0 aromatic heterocycles. The molecule has 16 nitrogen and oxygen atoms in total. The van der Waals surface area contributed by atoms with Crippen LogP contribution in [0.25, 0.3) is 0 Å². The third-order valence-corrected chi connectivity index (χ3v) is 17.3. The molecule has 4 fully saturated rings. The zero-order valence-corrected chi connectivity index (χ0v) is 48.6. The number of ether oxygens (including phenoxy) is 5. The quantitative estimate of drug-likeness (QED) is 0.144. The minimum atomic E-state index is -2.39. The number of benzene rings is 1. The lowest BCUT2D eigenvalue weighted by molar-refractivity contribution is -0.263. The molecule has 1 amide bonds. The summed E-state index contributed by atoms with van der Waals surface area (Å²) in [7, 11) is 2.39. The maximum absolute atomic E-state index is 14.6. The molecule has 4 aliphatic heterocycles. The third-order valence-electron chi connectivity index (χ3n) is 17.3. The Bertz CT molecular complexity index is 2360. The number of fused-ring (bicyclic) bond motifs is 3. The van der Waals surface area contributed by atoms with Crippen LogP contribution in [0.15, 0.2) is 77.9 Å². The SMILES string of the molecule is CO[C@@H]1C[C@H](C[C@@H](C)[C@@H]2CC(=O)C(C)=CC(C)[C@@H](O)[C@@H](OC)C(=O)[C@H](C)CC[C@H](C)C=CC=CC=C(C)CC[C@@H]3CC[C@@H](C)[C@@](O)(O3)C(=O)C(=O)N3CCCC[C@H]3C(=O)O2)CC[C@H]1OC(=O)C1(C)COB(c2ccccc2)OC1. The Balaban J connectivity index is 1.22. The number of cyclic esters (lactones) is 1. The standard InChI is InChI=1S/C62H90BNO15/c1-39-19-13-11-14-20-40(2)25-29-48-30-27-45(7)62(72,79-48)57(68)58(69)64-32-18-17-23-49(64)59(70)77-52(36-50(65)42(4)33-44(6)55(67)56(74-10)54(66)41(3)26-24-39)43(5)34-46-28-31-51(53(35-46)73-9)78-60(71)61(8)37-75-63(76-38-61)47-21-15-12-16-22-47/h11-16,19-22,33,39,41,43-46,48-49,51-53,55-56,67,72H,17-18,23-32,34-38H2,1-10H3/t39-,41-,43-,44?,45-,46+,48-,49+,51-,52+,53-,55-,56+,62-/m1/s1. The molecule has 1 aromatic rings. The summed E-state index contributed by atoms with van der Waals surface area (Å²) in [5.74, 6) is -8.32. The van der Waals surface area contributed by atoms with Crippen molar-refractivity contribution in [3.63, 3.8) is 0 Å². The van der Waals surface area contributed by atoms with Crippen molar-refractivity contribution in [3.8, 4) is 0 Å². The molecule has 4 heterocycles. The predicted molar refractivity (Wildman–Crippen MR) is 299 cm³/mol. The number of aliphatic hydroxyl groups excluding tert-OH is 1. The van der Waals surface area contributed by atoms with Crippen LogP contribution >= 0.6 is 0 Å². The summed E-state index contributed by atoms with van der Waals surface area (Å²) >= 11 is 0. The number of hydrogen-bond acceptors (Lipinski definition) is 15. The number of aliphatic hydroxyl groups is 2. The minimum Gasteiger partial charge on any atom is -0.460 e. The molecule has 436 valence electrons. The molecule has 0 spiro atoms. The van der Waals surface area contributed by atoms with Crippen molar-refractivity contribution in [1.82, 2.24) is 4.90 Å². The fourth-order valence-corrected chi connectivity index (χ4v) is 11.8. The van der Waals surface area contributed by atoms with Crippen LogP contribution in [-0.2, 0) is 61.8 Å². The molecule has 79 heavy (non-hydrogen) atoms. The number of esters is 2. The zero-order valence-electron chi connectivity index (χ0n) is 48.6. The largest absolute Gasteiger partial charge is 0.493 e. The van der Waals surface area contributed by atoms with Gasteiger partial charge >= 0.3 is 19.1 Å². The van der Waals surface area contributed by atoms with Crippen molar-refractivity contribution in [2.24, 2.45) is 40.9 Å². The highest BCUT2D eigenvalue weighted by Gasteiger charge is 2.53. The Morgan fingerprint density at radius 3 is 2.28 bits per heavy atom. The van der Waals surface area contributed by atoms with Crippen LogP contribution in [0.1, 0.15) is 145 Å². The second-order valence-corrected chi connectivity index (χ2v) is 23.9. The van der Waals surface area contributed by atoms with Gasteiger partial charge in [0.05, 0.1) is 18.3 Å². The molecule has 1 aromatic carbocycles. The minimum absolute atomic E-state index is 0.00754. The lowest BCUT2D eigenvalue weighted by Crippen LogP contribution is -2.60. The van der Waals surface area contributed by atoms with Crippen LogP contribution in [0.5, 0.6) is 0 Å². The van der Waals surface area contributed by atoms with E-state index in [1.165, 1.54) is 12.0 Å². The summed E-state index contributed by atoms with van der Waals surface area (Å²) in [5.41, 5.74) is 1.19. The van der Waals surface area contributed by atoms with Gasteiger partial charge < -0.3 is 48.1 Å². The van der Waals surface area contributed by atoms with Gasteiger partial charge in [0.2, 0.25) is 5.79 Å². The van der Waals surface area contributed by atoms with Crippen molar-refractivity contribution >= 4 is 47.8 Å². The number of amides is 1. The fourth-order valence-electron chi connectivity index (χ4n) is 11.8. The number of rotatable bonds is 8. The molecule has 3 saturated heterocycles. The molecular formula is C62H90BNO15. The van der Waals surface area contributed by atoms with Crippen molar-refractivity contribution in [2.75, 3.05) is 34.0 Å². The lowest BCUT2D eigenvalue weighted by Gasteiger charge is -2.42. The van der Waals surface area contributed by atoms with E-state index in [2.05, 4.69) is 13.0 Å². The van der Waals surface area contributed by atoms with Gasteiger partial charge in [0, 0.05) is 58.2 Å². The molecular weight excluding hydrogens is 1010 g/mol. The lowest BCUT2D eigenvalue weighted by atomic mass is 9.75. The number of allylic oxidation sites excluding steroid dienone is 7. The number of carbonyl (C=O) groups is 6. The first-order valence-electron chi connectivity index (χ1n) is 29.0. The first kappa shape index (κ1) is 63.6. The van der Waals surface area contributed by atoms with E-state index in [0.717, 1.165) is 17.5 Å². The maximum atomic E-state index is 14.6. The predicted octanol–water partition coefficient (Wildman–Crippen LogP) is 7.95. The molecule has 2 bridgehead atoms. The smallest absolute Gasteiger partial charge is 0.460 e. The normalized spacial score (nSPS) is 34.2. The van der Waals surface area contributed by atoms with Gasteiger partial charge in [-0.2, -0.15) is 0 Å². The number of Topliss-reactive ketones (excluding diaryl/α,β-unsaturated/α-hetero) is 3. The molecule has 1 saturated carbocycles. The van der Waals surface area contributed by atoms with E-state index in [0.29, 0.717) is 76.2 Å². The first-order valence-corrected chi connectivity index (χ1v) is 29.0. The summed E-state index contributed by atoms with van der Waals surface area (Å²) < 4.78 is 42.3. The fraction of sp³-hybridized carbons (Fsp3) is 0.677. The Labute approximate surface area is 469 Å². The monoisotopic (exact) mass is 1100 g/mol. The molecule has 2 N–H and O–H groups in total. The molecule has 5 aliphatic rings. The Morgan fingerprint density at radius 1 is 0.861 bits per heavy atom. The highest BCUT2D eigenvalue weighted by atomic mass is 16.6. The second kappa shape index (κ2) is 29.4. The van der Waals surface area contributed by atoms with Crippen molar-refractivity contribution in [3.05, 3.63) is 77.9 Å². The molecule has 14 atom stereocenters. The Morgan fingerprint density at radius 2 is 1.58 bits per heavy atom. The Hall–Kier alpha value is -4.62. The summed E-state index contributed by atoms with van der Waals surface area (Å²) in [5, 5.41) is 23.5. The second-order valence-electron chi connectivity index (χ2n) is 23.9. The zero-order chi connectivity index (χ0) is 57.6. The first-order chi connectivity index (χ1) is 37.6. The number of ketones is 3. The highest BCUT2D eigenvalue weighted by Crippen LogP contribution is 2.39. The molecule has 17 heteroatoms. The van der Waals surface area contributed by atoms with Crippen LogP contribution < -0.4 is 5.46 Å². The molecule has 1 unspecified atom stereocenters. The topological polar surface area (TPSA) is 211 Å². The van der Waals surface area contributed by atoms with Gasteiger partial charge in [-0.25, -0.2) is 4.79 Å². The van der Waals surface area contributed by atoms with Crippen LogP contribution in [0.3, 0.4) is 0 Å². The van der Waals surface area contributed by atoms with E-state index in [4.69, 9.17) is 33.0 Å². The average Bonchev–Trinajstić information content (AvgIpc) is 3.48. The van der Waals surface area contributed by atoms with Crippen LogP contribution in [0.2, 0.25) is 0 Å². The maximum Gasteiger partial charge on any atom is 0.493 e. The van der Waals surface area contributed by atoms with E-state index >= 15 is 0 Å². The number of methoxy groups -OCH3 is 2. The summed E-state index contributed by atoms with van der Waals surface area (Å²) in [6.45, 7) is 14.9. The molecule has 6 rings (SSSR count). The van der Waals surface area contributed by atoms with Crippen molar-refractivity contribution in [1.29, 1.82) is 0 Å². The van der Waals surface area contributed by atoms with Crippen LogP contribution in [-0.4, -0.2) is 140 Å². The van der Waals surface area contributed by atoms with Gasteiger partial charge in [0.25, 0.3) is 11.7 Å². The number of nitrogens with zero attached hydrogens (tertiary/aromatic N) is 1. The van der Waals surface area contributed by atoms with Gasteiger partial charge in [-0.3, -0.25) is 24.0 Å². The summed E-state index contributed by atoms with van der Waals surface area (Å²) in [6, 6.07) is 8.35. The van der Waals surface area contributed by atoms with Gasteiger partial charge in [0.15, 0.2) is 11.6 Å². The number of carbonyl (C=O) groups excluding carboxylic acids is 6. The average molecular weight is 1100 g/mol. The van der Waals surface area contributed by atoms with Crippen molar-refractivity contribution in [2.45, 2.75) is 194 Å². The highest BCUT2D eigenvalue weighted by molar-refractivity contribution is 6.61. The van der Waals surface area contributed by atoms with Gasteiger partial charge in [0.1, 0.15) is 29.8 Å². The van der Waals surface area contributed by atoms with E-state index in [9.17, 15) is 39.0 Å². The van der Waals surface area contributed by atoms with Gasteiger partial charge in [-0.15, -0.1) is 0 Å². The third kappa shape index (κ3) is 16.8. The van der Waals surface area contributed by atoms with E-state index in [-0.39, 0.29) is 56.0 Å². The van der Waals surface area contributed by atoms with Gasteiger partial charge in [-0.05, 0) is 133 Å². The summed E-state index contributed by atoms with van der Waals surface area (Å²) in [4.78, 5) is 86.4.